The number of primary amides is 1. The Morgan fingerprint density at radius 1 is 1.38 bits per heavy atom. The maximum atomic E-state index is 13.1. The number of halogens is 1. The molecule has 3 rings (SSSR count). The Hall–Kier alpha value is -2.92. The number of hydrogen-bond donors (Lipinski definition) is 1. The van der Waals surface area contributed by atoms with Gasteiger partial charge in [0.05, 0.1) is 18.7 Å². The van der Waals surface area contributed by atoms with E-state index in [9.17, 15) is 19.6 Å². The van der Waals surface area contributed by atoms with Gasteiger partial charge in [0.2, 0.25) is 5.91 Å². The highest BCUT2D eigenvalue weighted by molar-refractivity contribution is 9.10. The van der Waals surface area contributed by atoms with Gasteiger partial charge in [0.25, 0.3) is 0 Å². The number of nitrogens with zero attached hydrogens (tertiary/aromatic N) is 2. The highest BCUT2D eigenvalue weighted by atomic mass is 79.9. The van der Waals surface area contributed by atoms with Gasteiger partial charge in [0.15, 0.2) is 11.2 Å². The zero-order valence-corrected chi connectivity index (χ0v) is 17.5. The average molecular weight is 458 g/mol. The number of amides is 1. The minimum absolute atomic E-state index is 0.0830. The molecule has 8 heteroatoms. The van der Waals surface area contributed by atoms with Crippen molar-refractivity contribution >= 4 is 33.6 Å². The van der Waals surface area contributed by atoms with Crippen LogP contribution in [-0.2, 0) is 19.1 Å². The smallest absolute Gasteiger partial charge is 0.329 e. The molecule has 1 saturated heterocycles. The number of nitrogens with two attached hydrogens (primary N) is 1. The molecule has 2 aliphatic rings. The highest BCUT2D eigenvalue weighted by Crippen LogP contribution is 2.53. The zero-order chi connectivity index (χ0) is 21.3. The molecular weight excluding hydrogens is 438 g/mol. The van der Waals surface area contributed by atoms with Crippen LogP contribution in [0.2, 0.25) is 0 Å². The summed E-state index contributed by atoms with van der Waals surface area (Å²) in [6, 6.07) is 7.39. The van der Waals surface area contributed by atoms with Crippen molar-refractivity contribution in [1.29, 1.82) is 5.26 Å². The Bertz CT molecular complexity index is 980. The quantitative estimate of drug-likeness (QED) is 0.677. The van der Waals surface area contributed by atoms with Gasteiger partial charge in [0.1, 0.15) is 6.04 Å². The van der Waals surface area contributed by atoms with Crippen molar-refractivity contribution in [2.75, 3.05) is 6.61 Å². The zero-order valence-electron chi connectivity index (χ0n) is 16.0. The summed E-state index contributed by atoms with van der Waals surface area (Å²) < 4.78 is 6.01. The van der Waals surface area contributed by atoms with Gasteiger partial charge < -0.3 is 15.4 Å². The van der Waals surface area contributed by atoms with E-state index in [2.05, 4.69) is 22.0 Å². The van der Waals surface area contributed by atoms with Crippen molar-refractivity contribution in [1.82, 2.24) is 4.90 Å². The van der Waals surface area contributed by atoms with Gasteiger partial charge >= 0.3 is 5.97 Å². The van der Waals surface area contributed by atoms with Gasteiger partial charge in [-0.15, -0.1) is 0 Å². The maximum Gasteiger partial charge on any atom is 0.329 e. The third kappa shape index (κ3) is 3.25. The van der Waals surface area contributed by atoms with Gasteiger partial charge in [-0.3, -0.25) is 14.4 Å². The fourth-order valence-corrected chi connectivity index (χ4v) is 4.58. The van der Waals surface area contributed by atoms with Crippen molar-refractivity contribution in [3.8, 4) is 6.07 Å². The lowest BCUT2D eigenvalue weighted by Crippen LogP contribution is -2.45. The molecule has 1 fully saturated rings. The van der Waals surface area contributed by atoms with Crippen LogP contribution >= 0.6 is 15.9 Å². The molecule has 4 atom stereocenters. The molecule has 0 unspecified atom stereocenters. The van der Waals surface area contributed by atoms with Crippen LogP contribution < -0.4 is 5.73 Å². The first-order chi connectivity index (χ1) is 13.8. The van der Waals surface area contributed by atoms with E-state index in [1.165, 1.54) is 13.1 Å². The standard InChI is InChI=1S/C21H20BrN3O4/c1-3-29-20(28)21(11-23)16-8-7-14(12(2)26)10-25(16)18(19(24)27)17(21)13-5-4-6-15(22)9-13/h4-10,16-18H,3H2,1-2H3,(H2,24,27)/t16-,17-,18-,21+/m1/s1. The summed E-state index contributed by atoms with van der Waals surface area (Å²) in [7, 11) is 0. The van der Waals surface area contributed by atoms with Crippen molar-refractivity contribution < 1.29 is 19.1 Å². The van der Waals surface area contributed by atoms with E-state index in [1.807, 2.05) is 0 Å². The lowest BCUT2D eigenvalue weighted by molar-refractivity contribution is -0.153. The molecule has 1 amide bonds. The average Bonchev–Trinajstić information content (AvgIpc) is 2.99. The third-order valence-electron chi connectivity index (χ3n) is 5.37. The van der Waals surface area contributed by atoms with E-state index >= 15 is 0 Å². The number of fused-ring (bicyclic) bond motifs is 1. The maximum absolute atomic E-state index is 13.1. The Morgan fingerprint density at radius 2 is 2.10 bits per heavy atom. The van der Waals surface area contributed by atoms with Gasteiger partial charge in [-0.2, -0.15) is 5.26 Å². The summed E-state index contributed by atoms with van der Waals surface area (Å²) in [4.78, 5) is 39.2. The van der Waals surface area contributed by atoms with E-state index in [0.717, 1.165) is 4.47 Å². The van der Waals surface area contributed by atoms with Crippen molar-refractivity contribution in [3.63, 3.8) is 0 Å². The fraction of sp³-hybridized carbons (Fsp3) is 0.333. The van der Waals surface area contributed by atoms with Gasteiger partial charge in [-0.25, -0.2) is 0 Å². The molecule has 0 aromatic heterocycles. The molecule has 1 aromatic carbocycles. The molecule has 0 aliphatic carbocycles. The lowest BCUT2D eigenvalue weighted by atomic mass is 9.68. The minimum Gasteiger partial charge on any atom is -0.465 e. The molecule has 0 radical (unpaired) electrons. The monoisotopic (exact) mass is 457 g/mol. The number of ketones is 1. The highest BCUT2D eigenvalue weighted by Gasteiger charge is 2.66. The molecule has 2 N–H and O–H groups in total. The van der Waals surface area contributed by atoms with Crippen molar-refractivity contribution in [3.05, 3.63) is 58.2 Å². The summed E-state index contributed by atoms with van der Waals surface area (Å²) in [5.41, 5.74) is 4.99. The van der Waals surface area contributed by atoms with E-state index in [4.69, 9.17) is 10.5 Å². The Morgan fingerprint density at radius 3 is 2.66 bits per heavy atom. The predicted octanol–water partition coefficient (Wildman–Crippen LogP) is 2.19. The van der Waals surface area contributed by atoms with E-state index in [0.29, 0.717) is 11.1 Å². The molecule has 2 heterocycles. The Balaban J connectivity index is 2.30. The summed E-state index contributed by atoms with van der Waals surface area (Å²) in [5.74, 6) is -2.52. The number of rotatable bonds is 5. The molecule has 29 heavy (non-hydrogen) atoms. The van der Waals surface area contributed by atoms with Crippen LogP contribution in [0, 0.1) is 16.7 Å². The fourth-order valence-electron chi connectivity index (χ4n) is 4.17. The molecule has 7 nitrogen and oxygen atoms in total. The largest absolute Gasteiger partial charge is 0.465 e. The van der Waals surface area contributed by atoms with Crippen LogP contribution in [0.15, 0.2) is 52.7 Å². The number of hydrogen-bond acceptors (Lipinski definition) is 6. The van der Waals surface area contributed by atoms with Gasteiger partial charge in [-0.1, -0.05) is 40.2 Å². The number of nitriles is 1. The lowest BCUT2D eigenvalue weighted by Gasteiger charge is -2.32. The molecule has 0 spiro atoms. The van der Waals surface area contributed by atoms with Crippen LogP contribution in [0.1, 0.15) is 25.3 Å². The van der Waals surface area contributed by atoms with Crippen molar-refractivity contribution in [2.24, 2.45) is 11.1 Å². The van der Waals surface area contributed by atoms with E-state index < -0.39 is 35.3 Å². The van der Waals surface area contributed by atoms with Crippen LogP contribution in [0.25, 0.3) is 0 Å². The van der Waals surface area contributed by atoms with E-state index in [-0.39, 0.29) is 12.4 Å². The third-order valence-corrected chi connectivity index (χ3v) is 5.86. The van der Waals surface area contributed by atoms with Crippen LogP contribution in [0.3, 0.4) is 0 Å². The van der Waals surface area contributed by atoms with E-state index in [1.54, 1.807) is 48.2 Å². The second-order valence-electron chi connectivity index (χ2n) is 6.97. The Kier molecular flexibility index (Phi) is 5.62. The molecule has 2 aliphatic heterocycles. The second kappa shape index (κ2) is 7.84. The Labute approximate surface area is 176 Å². The molecule has 0 saturated carbocycles. The summed E-state index contributed by atoms with van der Waals surface area (Å²) in [6.45, 7) is 3.14. The number of carbonyl (C=O) groups excluding carboxylic acids is 3. The normalized spacial score (nSPS) is 27.6. The second-order valence-corrected chi connectivity index (χ2v) is 7.89. The number of esters is 1. The van der Waals surface area contributed by atoms with Crippen LogP contribution in [0.5, 0.6) is 0 Å². The van der Waals surface area contributed by atoms with Gasteiger partial charge in [0, 0.05) is 22.2 Å². The molecule has 0 bridgehead atoms. The predicted molar refractivity (Wildman–Crippen MR) is 108 cm³/mol. The number of carbonyl (C=O) groups is 3. The van der Waals surface area contributed by atoms with Gasteiger partial charge in [-0.05, 0) is 31.5 Å². The van der Waals surface area contributed by atoms with Crippen molar-refractivity contribution in [2.45, 2.75) is 31.8 Å². The first-order valence-corrected chi connectivity index (χ1v) is 9.88. The number of ether oxygens (including phenoxy) is 1. The number of benzene rings is 1. The first-order valence-electron chi connectivity index (χ1n) is 9.09. The minimum atomic E-state index is -1.72. The molecular formula is C21H20BrN3O4. The molecule has 150 valence electrons. The van der Waals surface area contributed by atoms with Crippen LogP contribution in [-0.4, -0.2) is 41.3 Å². The number of allylic oxidation sites excluding steroid dienone is 2. The summed E-state index contributed by atoms with van der Waals surface area (Å²) in [5, 5.41) is 10.3. The summed E-state index contributed by atoms with van der Waals surface area (Å²) >= 11 is 3.40. The summed E-state index contributed by atoms with van der Waals surface area (Å²) in [6.07, 6.45) is 4.67. The SMILES string of the molecule is CCOC(=O)[C@]1(C#N)[C@H](c2cccc(Br)c2)[C@H](C(N)=O)N2C=C(C(C)=O)C=C[C@@H]21. The first kappa shape index (κ1) is 20.8. The topological polar surface area (TPSA) is 113 Å². The molecule has 1 aromatic rings. The van der Waals surface area contributed by atoms with Crippen LogP contribution in [0.4, 0.5) is 0 Å². The number of Topliss-reactive ketones (excluding diaryl/α,β-unsaturated/α-hetero) is 1.